The number of halogens is 8. The van der Waals surface area contributed by atoms with Gasteiger partial charge in [0.1, 0.15) is 5.56 Å². The maximum atomic E-state index is 15.0. The van der Waals surface area contributed by atoms with Gasteiger partial charge in [-0.05, 0) is 30.4 Å². The van der Waals surface area contributed by atoms with Crippen molar-refractivity contribution in [1.82, 2.24) is 24.7 Å². The van der Waals surface area contributed by atoms with E-state index in [4.69, 9.17) is 11.6 Å². The summed E-state index contributed by atoms with van der Waals surface area (Å²) in [6, 6.07) is 1.35. The van der Waals surface area contributed by atoms with Crippen LogP contribution in [0.4, 0.5) is 36.4 Å². The molecule has 2 N–H and O–H groups in total. The molecule has 0 radical (unpaired) electrons. The van der Waals surface area contributed by atoms with Crippen LogP contribution in [-0.4, -0.2) is 44.0 Å². The van der Waals surface area contributed by atoms with E-state index >= 15 is 4.39 Å². The molecule has 218 valence electrons. The highest BCUT2D eigenvalue weighted by molar-refractivity contribution is 6.30. The molecular weight excluding hydrogens is 589 g/mol. The normalized spacial score (nSPS) is 12.7. The number of aromatic amines is 1. The molecule has 0 fully saturated rings. The lowest BCUT2D eigenvalue weighted by molar-refractivity contribution is -0.138. The smallest absolute Gasteiger partial charge is 0.378 e. The van der Waals surface area contributed by atoms with Gasteiger partial charge in [0.25, 0.3) is 11.1 Å². The lowest BCUT2D eigenvalue weighted by Gasteiger charge is -2.22. The number of pyridine rings is 1. The summed E-state index contributed by atoms with van der Waals surface area (Å²) in [6.45, 7) is -4.14. The van der Waals surface area contributed by atoms with Crippen LogP contribution in [0, 0.1) is 11.6 Å². The van der Waals surface area contributed by atoms with Crippen LogP contribution in [-0.2, 0) is 17.5 Å². The number of alkyl halides is 5. The van der Waals surface area contributed by atoms with E-state index in [0.29, 0.717) is 6.20 Å². The topological polar surface area (TPSA) is 115 Å². The lowest BCUT2D eigenvalue weighted by Crippen LogP contribution is -2.32. The van der Waals surface area contributed by atoms with E-state index in [-0.39, 0.29) is 41.2 Å². The maximum Gasteiger partial charge on any atom is 0.423 e. The molecule has 0 amide bonds. The number of hydrogen-bond donors (Lipinski definition) is 2. The van der Waals surface area contributed by atoms with Gasteiger partial charge < -0.3 is 14.6 Å². The molecule has 0 saturated heterocycles. The van der Waals surface area contributed by atoms with Crippen molar-refractivity contribution in [3.05, 3.63) is 79.8 Å². The van der Waals surface area contributed by atoms with Gasteiger partial charge in [0.15, 0.2) is 17.5 Å². The minimum Gasteiger partial charge on any atom is -0.378 e. The first-order valence-electron chi connectivity index (χ1n) is 11.7. The number of nitrogens with zero attached hydrogens (tertiary/aromatic N) is 4. The second-order valence-corrected chi connectivity index (χ2v) is 9.05. The number of fused-ring (bicyclic) bond motifs is 1. The Labute approximate surface area is 230 Å². The second-order valence-electron chi connectivity index (χ2n) is 8.62. The molecule has 0 spiro atoms. The number of rotatable bonds is 10. The quantitative estimate of drug-likeness (QED) is 0.244. The Hall–Kier alpha value is -4.05. The average molecular weight is 607 g/mol. The third-order valence-electron chi connectivity index (χ3n) is 5.88. The Morgan fingerprint density at radius 2 is 1.80 bits per heavy atom. The Morgan fingerprint density at radius 1 is 1.10 bits per heavy atom. The second kappa shape index (κ2) is 12.2. The Morgan fingerprint density at radius 3 is 2.46 bits per heavy atom. The van der Waals surface area contributed by atoms with E-state index in [1.807, 2.05) is 0 Å². The summed E-state index contributed by atoms with van der Waals surface area (Å²) in [5.74, 6) is -2.97. The number of anilines is 1. The number of ether oxygens (including phenoxy) is 1. The van der Waals surface area contributed by atoms with Crippen molar-refractivity contribution < 1.29 is 35.5 Å². The van der Waals surface area contributed by atoms with E-state index in [2.05, 4.69) is 25.1 Å². The third kappa shape index (κ3) is 6.82. The zero-order valence-electron chi connectivity index (χ0n) is 20.5. The van der Waals surface area contributed by atoms with Crippen LogP contribution >= 0.6 is 11.6 Å². The molecule has 0 saturated carbocycles. The molecular formula is C24H18ClF7N6O3. The Balaban J connectivity index is 1.56. The fourth-order valence-corrected chi connectivity index (χ4v) is 4.17. The summed E-state index contributed by atoms with van der Waals surface area (Å²) < 4.78 is 101. The summed E-state index contributed by atoms with van der Waals surface area (Å²) in [5, 5.41) is 6.96. The number of nitrogens with one attached hydrogen (secondary N) is 2. The largest absolute Gasteiger partial charge is 0.423 e. The van der Waals surface area contributed by atoms with Gasteiger partial charge >= 0.3 is 12.8 Å². The summed E-state index contributed by atoms with van der Waals surface area (Å²) in [5.41, 5.74) is -5.12. The first-order valence-corrected chi connectivity index (χ1v) is 12.0. The van der Waals surface area contributed by atoms with E-state index in [1.165, 1.54) is 30.7 Å². The maximum absolute atomic E-state index is 15.0. The molecule has 1 atom stereocenters. The molecule has 3 heterocycles. The molecule has 9 nitrogen and oxygen atoms in total. The third-order valence-corrected chi connectivity index (χ3v) is 6.08. The van der Waals surface area contributed by atoms with Crippen molar-refractivity contribution in [1.29, 1.82) is 0 Å². The number of H-pyrrole nitrogens is 1. The highest BCUT2D eigenvalue weighted by Crippen LogP contribution is 2.32. The molecule has 0 aliphatic heterocycles. The van der Waals surface area contributed by atoms with E-state index < -0.39 is 64.8 Å². The Bertz CT molecular complexity index is 1660. The molecule has 0 bridgehead atoms. The SMILES string of the molecule is O=c1[nH]ncc(NC(CCCn2ccc3cc(-c4ncc(Cl)cn4)c(F)c(F)c3c2=O)COC(F)F)c1C(F)(F)F. The van der Waals surface area contributed by atoms with E-state index in [9.17, 15) is 35.9 Å². The molecule has 4 rings (SSSR count). The number of hydrogen-bond acceptors (Lipinski definition) is 7. The van der Waals surface area contributed by atoms with Crippen LogP contribution in [0.15, 0.2) is 46.5 Å². The van der Waals surface area contributed by atoms with Gasteiger partial charge in [-0.1, -0.05) is 11.6 Å². The predicted molar refractivity (Wildman–Crippen MR) is 133 cm³/mol. The number of benzene rings is 1. The average Bonchev–Trinajstić information content (AvgIpc) is 2.90. The molecule has 4 aromatic rings. The lowest BCUT2D eigenvalue weighted by atomic mass is 10.1. The van der Waals surface area contributed by atoms with Crippen molar-refractivity contribution in [2.45, 2.75) is 38.2 Å². The molecule has 17 heteroatoms. The summed E-state index contributed by atoms with van der Waals surface area (Å²) in [7, 11) is 0. The van der Waals surface area contributed by atoms with Crippen LogP contribution in [0.1, 0.15) is 18.4 Å². The van der Waals surface area contributed by atoms with E-state index in [1.54, 1.807) is 5.10 Å². The predicted octanol–water partition coefficient (Wildman–Crippen LogP) is 4.99. The van der Waals surface area contributed by atoms with Crippen LogP contribution < -0.4 is 16.4 Å². The molecule has 1 aromatic carbocycles. The van der Waals surface area contributed by atoms with Gasteiger partial charge in [-0.2, -0.15) is 27.1 Å². The standard InChI is InChI=1S/C24H18ClF7N6O3/c25-12-7-33-20(34-8-12)14-6-11-3-5-38(22(40)16(11)19(27)18(14)26)4-1-2-13(10-41-23(28)29)36-15-9-35-37-21(39)17(15)24(30,31)32/h3,5-9,13,23H,1-2,4,10H2,(H2,36,37,39). The number of aromatic nitrogens is 5. The molecule has 41 heavy (non-hydrogen) atoms. The monoisotopic (exact) mass is 606 g/mol. The van der Waals surface area contributed by atoms with Gasteiger partial charge in [0.2, 0.25) is 0 Å². The first kappa shape index (κ1) is 29.9. The number of aryl methyl sites for hydroxylation is 1. The fourth-order valence-electron chi connectivity index (χ4n) is 4.07. The Kier molecular flexibility index (Phi) is 8.92. The van der Waals surface area contributed by atoms with Gasteiger partial charge in [-0.15, -0.1) is 0 Å². The van der Waals surface area contributed by atoms with E-state index in [0.717, 1.165) is 4.57 Å². The van der Waals surface area contributed by atoms with Crippen molar-refractivity contribution in [3.8, 4) is 11.4 Å². The highest BCUT2D eigenvalue weighted by atomic mass is 35.5. The van der Waals surface area contributed by atoms with Gasteiger partial charge in [0, 0.05) is 31.2 Å². The van der Waals surface area contributed by atoms with Crippen LogP contribution in [0.5, 0.6) is 0 Å². The minimum absolute atomic E-state index is 0.00551. The zero-order valence-corrected chi connectivity index (χ0v) is 21.2. The van der Waals surface area contributed by atoms with Gasteiger partial charge in [0.05, 0.1) is 34.5 Å². The summed E-state index contributed by atoms with van der Waals surface area (Å²) >= 11 is 5.72. The summed E-state index contributed by atoms with van der Waals surface area (Å²) in [6.07, 6.45) is -0.880. The van der Waals surface area contributed by atoms with Gasteiger partial charge in [-0.3, -0.25) is 9.59 Å². The minimum atomic E-state index is -5.08. The van der Waals surface area contributed by atoms with Crippen molar-refractivity contribution in [2.24, 2.45) is 0 Å². The highest BCUT2D eigenvalue weighted by Gasteiger charge is 2.37. The van der Waals surface area contributed by atoms with Gasteiger partial charge in [-0.25, -0.2) is 23.8 Å². The van der Waals surface area contributed by atoms with Crippen LogP contribution in [0.2, 0.25) is 5.02 Å². The van der Waals surface area contributed by atoms with Crippen molar-refractivity contribution >= 4 is 28.1 Å². The molecule has 0 aliphatic rings. The van der Waals surface area contributed by atoms with Crippen LogP contribution in [0.3, 0.4) is 0 Å². The summed E-state index contributed by atoms with van der Waals surface area (Å²) in [4.78, 5) is 32.4. The van der Waals surface area contributed by atoms with Crippen molar-refractivity contribution in [2.75, 3.05) is 11.9 Å². The fraction of sp³-hybridized carbons (Fsp3) is 0.292. The molecule has 1 unspecified atom stereocenters. The zero-order chi connectivity index (χ0) is 29.9. The molecule has 0 aliphatic carbocycles. The van der Waals surface area contributed by atoms with Crippen molar-refractivity contribution in [3.63, 3.8) is 0 Å². The first-order chi connectivity index (χ1) is 19.4. The van der Waals surface area contributed by atoms with Crippen LogP contribution in [0.25, 0.3) is 22.2 Å². The molecule has 3 aromatic heterocycles.